The van der Waals surface area contributed by atoms with E-state index in [0.29, 0.717) is 0 Å². The number of halogens is 10. The topological polar surface area (TPSA) is 9.23 Å². The molecule has 2 rings (SSSR count). The van der Waals surface area contributed by atoms with Crippen LogP contribution in [0.5, 0.6) is 0 Å². The van der Waals surface area contributed by atoms with Crippen molar-refractivity contribution in [2.75, 3.05) is 13.2 Å². The van der Waals surface area contributed by atoms with Gasteiger partial charge in [-0.2, -0.15) is 35.1 Å². The Bertz CT molecular complexity index is 377. The van der Waals surface area contributed by atoms with Gasteiger partial charge in [-0.15, -0.1) is 0 Å². The predicted molar refractivity (Wildman–Crippen MR) is 47.5 cm³/mol. The van der Waals surface area contributed by atoms with Gasteiger partial charge in [-0.3, -0.25) is 0 Å². The highest BCUT2D eigenvalue weighted by Gasteiger charge is 2.99. The third-order valence-corrected chi connectivity index (χ3v) is 3.84. The van der Waals surface area contributed by atoms with E-state index in [1.54, 1.807) is 0 Å². The van der Waals surface area contributed by atoms with E-state index < -0.39 is 61.1 Å². The van der Waals surface area contributed by atoms with Crippen LogP contribution in [-0.2, 0) is 4.74 Å². The first kappa shape index (κ1) is 16.6. The molecule has 124 valence electrons. The summed E-state index contributed by atoms with van der Waals surface area (Å²) < 4.78 is 130. The molecule has 2 aliphatic rings. The molecule has 0 aromatic rings. The van der Waals surface area contributed by atoms with Crippen molar-refractivity contribution in [1.82, 2.24) is 0 Å². The molecule has 1 nitrogen and oxygen atoms in total. The Morgan fingerprint density at radius 1 is 0.476 bits per heavy atom. The second kappa shape index (κ2) is 3.96. The van der Waals surface area contributed by atoms with Crippen LogP contribution in [0.3, 0.4) is 0 Å². The Kier molecular flexibility index (Phi) is 3.14. The standard InChI is InChI=1S/C10H8F10O/c11-5(7(13,14)8(5,15)16)1-3-21-4-2-6(12)9(17,18)10(6,19)20/h1-4H2. The van der Waals surface area contributed by atoms with Crippen molar-refractivity contribution in [3.63, 3.8) is 0 Å². The Labute approximate surface area is 111 Å². The summed E-state index contributed by atoms with van der Waals surface area (Å²) in [6.45, 7) is -2.15. The molecule has 0 bridgehead atoms. The predicted octanol–water partition coefficient (Wildman–Crippen LogP) is 3.77. The Morgan fingerprint density at radius 3 is 0.905 bits per heavy atom. The third-order valence-electron chi connectivity index (χ3n) is 3.84. The van der Waals surface area contributed by atoms with Gasteiger partial charge in [0.05, 0.1) is 13.2 Å². The summed E-state index contributed by atoms with van der Waals surface area (Å²) in [5, 5.41) is 0. The summed E-state index contributed by atoms with van der Waals surface area (Å²) in [7, 11) is 0. The molecule has 0 aromatic carbocycles. The van der Waals surface area contributed by atoms with Gasteiger partial charge in [-0.25, -0.2) is 8.78 Å². The molecule has 2 saturated carbocycles. The maximum absolute atomic E-state index is 13.1. The van der Waals surface area contributed by atoms with E-state index in [-0.39, 0.29) is 0 Å². The van der Waals surface area contributed by atoms with Crippen LogP contribution < -0.4 is 0 Å². The quantitative estimate of drug-likeness (QED) is 0.531. The number of hydrogen-bond acceptors (Lipinski definition) is 1. The first-order chi connectivity index (χ1) is 9.21. The van der Waals surface area contributed by atoms with Gasteiger partial charge in [0.1, 0.15) is 0 Å². The molecular weight excluding hydrogens is 326 g/mol. The largest absolute Gasteiger partial charge is 0.381 e. The summed E-state index contributed by atoms with van der Waals surface area (Å²) in [5.74, 6) is -19.5. The van der Waals surface area contributed by atoms with Gasteiger partial charge >= 0.3 is 23.7 Å². The summed E-state index contributed by atoms with van der Waals surface area (Å²) in [6.07, 6.45) is -2.95. The Morgan fingerprint density at radius 2 is 0.714 bits per heavy atom. The van der Waals surface area contributed by atoms with Gasteiger partial charge in [0, 0.05) is 12.8 Å². The van der Waals surface area contributed by atoms with Gasteiger partial charge in [-0.05, 0) is 0 Å². The van der Waals surface area contributed by atoms with Gasteiger partial charge < -0.3 is 4.74 Å². The average molecular weight is 334 g/mol. The molecule has 0 heterocycles. The Hall–Kier alpha value is -0.740. The maximum atomic E-state index is 13.1. The van der Waals surface area contributed by atoms with Crippen molar-refractivity contribution in [1.29, 1.82) is 0 Å². The molecule has 11 heteroatoms. The number of ether oxygens (including phenoxy) is 1. The van der Waals surface area contributed by atoms with Gasteiger partial charge in [0.2, 0.25) is 0 Å². The number of hydrogen-bond donors (Lipinski definition) is 0. The lowest BCUT2D eigenvalue weighted by atomic mass is 10.2. The zero-order valence-electron chi connectivity index (χ0n) is 10.0. The van der Waals surface area contributed by atoms with Crippen LogP contribution in [0.15, 0.2) is 0 Å². The summed E-state index contributed by atoms with van der Waals surface area (Å²) in [4.78, 5) is 0. The summed E-state index contributed by atoms with van der Waals surface area (Å²) >= 11 is 0. The minimum absolute atomic E-state index is 1.07. The number of rotatable bonds is 6. The molecule has 0 saturated heterocycles. The van der Waals surface area contributed by atoms with E-state index in [0.717, 1.165) is 0 Å². The fourth-order valence-corrected chi connectivity index (χ4v) is 2.03. The lowest BCUT2D eigenvalue weighted by Gasteiger charge is -2.08. The van der Waals surface area contributed by atoms with Crippen LogP contribution in [-0.4, -0.2) is 48.2 Å². The van der Waals surface area contributed by atoms with Crippen LogP contribution in [0.2, 0.25) is 0 Å². The molecule has 2 aliphatic carbocycles. The highest BCUT2D eigenvalue weighted by Crippen LogP contribution is 2.70. The molecule has 0 unspecified atom stereocenters. The zero-order chi connectivity index (χ0) is 16.5. The lowest BCUT2D eigenvalue weighted by molar-refractivity contribution is -0.0278. The van der Waals surface area contributed by atoms with E-state index in [2.05, 4.69) is 4.74 Å². The minimum Gasteiger partial charge on any atom is -0.381 e. The van der Waals surface area contributed by atoms with Gasteiger partial charge in [0.25, 0.3) is 11.3 Å². The molecule has 2 fully saturated rings. The van der Waals surface area contributed by atoms with Gasteiger partial charge in [0.15, 0.2) is 0 Å². The van der Waals surface area contributed by atoms with Crippen molar-refractivity contribution in [2.45, 2.75) is 47.9 Å². The molecule has 0 atom stereocenters. The maximum Gasteiger partial charge on any atom is 0.353 e. The molecule has 0 amide bonds. The van der Waals surface area contributed by atoms with Crippen LogP contribution in [0.4, 0.5) is 43.9 Å². The second-order valence-corrected chi connectivity index (χ2v) is 5.01. The molecule has 0 spiro atoms. The fourth-order valence-electron chi connectivity index (χ4n) is 2.03. The fraction of sp³-hybridized carbons (Fsp3) is 1.00. The van der Waals surface area contributed by atoms with E-state index in [1.165, 1.54) is 0 Å². The molecule has 0 N–H and O–H groups in total. The normalized spacial score (nSPS) is 31.7. The van der Waals surface area contributed by atoms with Crippen molar-refractivity contribution < 1.29 is 48.6 Å². The van der Waals surface area contributed by atoms with E-state index in [1.807, 2.05) is 0 Å². The lowest BCUT2D eigenvalue weighted by Crippen LogP contribution is -2.20. The molecule has 0 aliphatic heterocycles. The zero-order valence-corrected chi connectivity index (χ0v) is 10.0. The summed E-state index contributed by atoms with van der Waals surface area (Å²) in [5.41, 5.74) is -8.25. The van der Waals surface area contributed by atoms with Crippen LogP contribution >= 0.6 is 0 Å². The highest BCUT2D eigenvalue weighted by molar-refractivity contribution is 5.29. The smallest absolute Gasteiger partial charge is 0.353 e. The van der Waals surface area contributed by atoms with E-state index in [4.69, 9.17) is 0 Å². The molecule has 0 aromatic heterocycles. The van der Waals surface area contributed by atoms with Crippen LogP contribution in [0.25, 0.3) is 0 Å². The van der Waals surface area contributed by atoms with Crippen molar-refractivity contribution >= 4 is 0 Å². The second-order valence-electron chi connectivity index (χ2n) is 5.01. The third kappa shape index (κ3) is 1.63. The highest BCUT2D eigenvalue weighted by atomic mass is 19.4. The van der Waals surface area contributed by atoms with Crippen molar-refractivity contribution in [3.05, 3.63) is 0 Å². The summed E-state index contributed by atoms with van der Waals surface area (Å²) in [6, 6.07) is 0. The van der Waals surface area contributed by atoms with Gasteiger partial charge in [-0.1, -0.05) is 0 Å². The van der Waals surface area contributed by atoms with Crippen molar-refractivity contribution in [2.24, 2.45) is 0 Å². The van der Waals surface area contributed by atoms with Crippen LogP contribution in [0, 0.1) is 0 Å². The van der Waals surface area contributed by atoms with E-state index in [9.17, 15) is 43.9 Å². The van der Waals surface area contributed by atoms with Crippen LogP contribution in [0.1, 0.15) is 12.8 Å². The Balaban J connectivity index is 1.74. The van der Waals surface area contributed by atoms with E-state index >= 15 is 0 Å². The van der Waals surface area contributed by atoms with Crippen molar-refractivity contribution in [3.8, 4) is 0 Å². The average Bonchev–Trinajstić information content (AvgIpc) is 2.81. The SMILES string of the molecule is FC1(F)C(F)(F)C1(F)CCOCCC1(F)C(F)(F)C1(F)F. The number of alkyl halides is 10. The molecule has 0 radical (unpaired) electrons. The first-order valence-electron chi connectivity index (χ1n) is 5.67. The monoisotopic (exact) mass is 334 g/mol. The molecular formula is C10H8F10O. The molecule has 21 heavy (non-hydrogen) atoms. The first-order valence-corrected chi connectivity index (χ1v) is 5.67. The minimum atomic E-state index is -4.87.